The Balaban J connectivity index is 1.92. The van der Waals surface area contributed by atoms with E-state index in [0.29, 0.717) is 27.9 Å². The third-order valence-corrected chi connectivity index (χ3v) is 3.42. The number of ether oxygens (including phenoxy) is 2. The lowest BCUT2D eigenvalue weighted by atomic mass is 10.2. The SMILES string of the molecule is COc1cc(/C=N\n2c(-c3ccco3)n[nH]c2=S)ccc1OC(C)=O. The van der Waals surface area contributed by atoms with E-state index >= 15 is 0 Å². The van der Waals surface area contributed by atoms with Gasteiger partial charge in [0, 0.05) is 6.92 Å². The number of benzene rings is 1. The zero-order valence-corrected chi connectivity index (χ0v) is 14.2. The fraction of sp³-hybridized carbons (Fsp3) is 0.125. The summed E-state index contributed by atoms with van der Waals surface area (Å²) in [6.45, 7) is 1.33. The van der Waals surface area contributed by atoms with Gasteiger partial charge in [-0.2, -0.15) is 9.78 Å². The molecule has 25 heavy (non-hydrogen) atoms. The number of carbonyl (C=O) groups is 1. The highest BCUT2D eigenvalue weighted by Crippen LogP contribution is 2.27. The van der Waals surface area contributed by atoms with E-state index in [9.17, 15) is 4.79 Å². The highest BCUT2D eigenvalue weighted by molar-refractivity contribution is 7.71. The van der Waals surface area contributed by atoms with Crippen LogP contribution in [0.3, 0.4) is 0 Å². The topological polar surface area (TPSA) is 94.6 Å². The van der Waals surface area contributed by atoms with Crippen LogP contribution < -0.4 is 9.47 Å². The highest BCUT2D eigenvalue weighted by Gasteiger charge is 2.11. The first-order valence-electron chi connectivity index (χ1n) is 7.20. The first-order valence-corrected chi connectivity index (χ1v) is 7.61. The summed E-state index contributed by atoms with van der Waals surface area (Å²) < 4.78 is 17.4. The van der Waals surface area contributed by atoms with Gasteiger partial charge in [-0.05, 0) is 48.1 Å². The second kappa shape index (κ2) is 7.14. The Morgan fingerprint density at radius 1 is 1.40 bits per heavy atom. The van der Waals surface area contributed by atoms with Crippen LogP contribution in [0, 0.1) is 4.77 Å². The van der Waals surface area contributed by atoms with Crippen molar-refractivity contribution in [1.82, 2.24) is 14.9 Å². The van der Waals surface area contributed by atoms with Gasteiger partial charge in [-0.15, -0.1) is 5.10 Å². The summed E-state index contributed by atoms with van der Waals surface area (Å²) in [5.41, 5.74) is 0.723. The van der Waals surface area contributed by atoms with Gasteiger partial charge in [-0.25, -0.2) is 5.10 Å². The van der Waals surface area contributed by atoms with Crippen LogP contribution in [0.25, 0.3) is 11.6 Å². The number of furan rings is 1. The lowest BCUT2D eigenvalue weighted by Crippen LogP contribution is -2.03. The van der Waals surface area contributed by atoms with Gasteiger partial charge in [-0.3, -0.25) is 4.79 Å². The Kier molecular flexibility index (Phi) is 4.75. The Hall–Kier alpha value is -3.20. The first kappa shape index (κ1) is 16.7. The van der Waals surface area contributed by atoms with Gasteiger partial charge in [-0.1, -0.05) is 0 Å². The van der Waals surface area contributed by atoms with Gasteiger partial charge in [0.15, 0.2) is 17.3 Å². The van der Waals surface area contributed by atoms with Crippen molar-refractivity contribution < 1.29 is 18.7 Å². The molecule has 2 aromatic heterocycles. The van der Waals surface area contributed by atoms with E-state index < -0.39 is 5.97 Å². The summed E-state index contributed by atoms with van der Waals surface area (Å²) in [5, 5.41) is 11.1. The molecule has 0 spiro atoms. The molecule has 0 atom stereocenters. The van der Waals surface area contributed by atoms with Gasteiger partial charge >= 0.3 is 5.97 Å². The fourth-order valence-electron chi connectivity index (χ4n) is 2.09. The average molecular weight is 358 g/mol. The Bertz CT molecular complexity index is 972. The van der Waals surface area contributed by atoms with Crippen LogP contribution >= 0.6 is 12.2 Å². The van der Waals surface area contributed by atoms with Crippen LogP contribution in [0.5, 0.6) is 11.5 Å². The van der Waals surface area contributed by atoms with E-state index in [4.69, 9.17) is 26.1 Å². The molecule has 128 valence electrons. The predicted molar refractivity (Wildman–Crippen MR) is 92.4 cm³/mol. The molecule has 0 aliphatic rings. The van der Waals surface area contributed by atoms with Crippen LogP contribution in [0.4, 0.5) is 0 Å². The molecule has 3 aromatic rings. The van der Waals surface area contributed by atoms with E-state index in [0.717, 1.165) is 5.56 Å². The molecule has 0 saturated heterocycles. The summed E-state index contributed by atoms with van der Waals surface area (Å²) in [7, 11) is 1.49. The third kappa shape index (κ3) is 3.66. The number of aromatic amines is 1. The van der Waals surface area contributed by atoms with E-state index in [1.807, 2.05) is 0 Å². The average Bonchev–Trinajstić information content (AvgIpc) is 3.23. The van der Waals surface area contributed by atoms with E-state index in [2.05, 4.69) is 15.3 Å². The molecule has 8 nitrogen and oxygen atoms in total. The molecule has 2 heterocycles. The molecule has 0 unspecified atom stereocenters. The largest absolute Gasteiger partial charge is 0.493 e. The normalized spacial score (nSPS) is 11.0. The lowest BCUT2D eigenvalue weighted by Gasteiger charge is -2.08. The summed E-state index contributed by atoms with van der Waals surface area (Å²) in [6, 6.07) is 8.57. The van der Waals surface area contributed by atoms with Crippen LogP contribution in [0.15, 0.2) is 46.1 Å². The van der Waals surface area contributed by atoms with Crippen LogP contribution in [-0.4, -0.2) is 34.2 Å². The minimum atomic E-state index is -0.424. The van der Waals surface area contributed by atoms with Crippen molar-refractivity contribution >= 4 is 24.4 Å². The smallest absolute Gasteiger partial charge is 0.308 e. The number of esters is 1. The summed E-state index contributed by atoms with van der Waals surface area (Å²) in [6.07, 6.45) is 3.12. The maximum absolute atomic E-state index is 11.1. The van der Waals surface area contributed by atoms with Crippen LogP contribution in [0.1, 0.15) is 12.5 Å². The number of methoxy groups -OCH3 is 1. The number of aromatic nitrogens is 3. The van der Waals surface area contributed by atoms with Crippen LogP contribution in [0.2, 0.25) is 0 Å². The lowest BCUT2D eigenvalue weighted by molar-refractivity contribution is -0.132. The van der Waals surface area contributed by atoms with E-state index in [1.54, 1.807) is 42.8 Å². The number of H-pyrrole nitrogens is 1. The molecule has 0 amide bonds. The summed E-state index contributed by atoms with van der Waals surface area (Å²) in [4.78, 5) is 11.1. The van der Waals surface area contributed by atoms with Crippen molar-refractivity contribution in [3.05, 3.63) is 46.9 Å². The summed E-state index contributed by atoms with van der Waals surface area (Å²) >= 11 is 5.19. The van der Waals surface area contributed by atoms with Crippen molar-refractivity contribution in [3.63, 3.8) is 0 Å². The fourth-order valence-corrected chi connectivity index (χ4v) is 2.27. The molecule has 3 rings (SSSR count). The number of hydrogen-bond donors (Lipinski definition) is 1. The number of nitrogens with one attached hydrogen (secondary N) is 1. The maximum Gasteiger partial charge on any atom is 0.308 e. The Labute approximate surface area is 147 Å². The molecular weight excluding hydrogens is 344 g/mol. The number of hydrogen-bond acceptors (Lipinski definition) is 7. The van der Waals surface area contributed by atoms with E-state index in [-0.39, 0.29) is 0 Å². The predicted octanol–water partition coefficient (Wildman–Crippen LogP) is 3.02. The Morgan fingerprint density at radius 3 is 2.92 bits per heavy atom. The van der Waals surface area contributed by atoms with Gasteiger partial charge < -0.3 is 13.9 Å². The van der Waals surface area contributed by atoms with Crippen molar-refractivity contribution in [3.8, 4) is 23.1 Å². The molecule has 0 saturated carbocycles. The second-order valence-electron chi connectivity index (χ2n) is 4.89. The van der Waals surface area contributed by atoms with Gasteiger partial charge in [0.1, 0.15) is 0 Å². The van der Waals surface area contributed by atoms with E-state index in [1.165, 1.54) is 18.7 Å². The molecule has 0 aliphatic carbocycles. The molecule has 0 aliphatic heterocycles. The molecular formula is C16H14N4O4S. The first-order chi connectivity index (χ1) is 12.1. The zero-order valence-electron chi connectivity index (χ0n) is 13.4. The monoisotopic (exact) mass is 358 g/mol. The minimum Gasteiger partial charge on any atom is -0.493 e. The van der Waals surface area contributed by atoms with Gasteiger partial charge in [0.05, 0.1) is 19.6 Å². The van der Waals surface area contributed by atoms with Gasteiger partial charge in [0.2, 0.25) is 10.6 Å². The molecule has 0 bridgehead atoms. The molecule has 0 fully saturated rings. The number of rotatable bonds is 5. The molecule has 1 N–H and O–H groups in total. The van der Waals surface area contributed by atoms with Crippen LogP contribution in [-0.2, 0) is 4.79 Å². The van der Waals surface area contributed by atoms with Crippen molar-refractivity contribution in [2.24, 2.45) is 5.10 Å². The standard InChI is InChI=1S/C16H14N4O4S/c1-10(21)24-12-6-5-11(8-14(12)22-2)9-17-20-15(18-19-16(20)25)13-4-3-7-23-13/h3-9H,1-2H3,(H,19,25)/b17-9-. The third-order valence-electron chi connectivity index (χ3n) is 3.16. The summed E-state index contributed by atoms with van der Waals surface area (Å²) in [5.74, 6) is 1.32. The minimum absolute atomic E-state index is 0.325. The number of nitrogens with zero attached hydrogens (tertiary/aromatic N) is 3. The number of carbonyl (C=O) groups excluding carboxylic acids is 1. The molecule has 9 heteroatoms. The quantitative estimate of drug-likeness (QED) is 0.326. The maximum atomic E-state index is 11.1. The zero-order chi connectivity index (χ0) is 17.8. The van der Waals surface area contributed by atoms with Crippen molar-refractivity contribution in [2.45, 2.75) is 6.92 Å². The van der Waals surface area contributed by atoms with Crippen molar-refractivity contribution in [1.29, 1.82) is 0 Å². The highest BCUT2D eigenvalue weighted by atomic mass is 32.1. The molecule has 0 radical (unpaired) electrons. The second-order valence-corrected chi connectivity index (χ2v) is 5.28. The molecule has 1 aromatic carbocycles. The van der Waals surface area contributed by atoms with Crippen molar-refractivity contribution in [2.75, 3.05) is 7.11 Å². The Morgan fingerprint density at radius 2 is 2.24 bits per heavy atom. The van der Waals surface area contributed by atoms with Gasteiger partial charge in [0.25, 0.3) is 0 Å².